The number of aliphatic carboxylic acids is 1. The smallest absolute Gasteiger partial charge is 0.328 e. The van der Waals surface area contributed by atoms with Crippen molar-refractivity contribution in [3.05, 3.63) is 52.0 Å². The van der Waals surface area contributed by atoms with Crippen molar-refractivity contribution >= 4 is 28.0 Å². The first-order valence-corrected chi connectivity index (χ1v) is 5.02. The van der Waals surface area contributed by atoms with Crippen LogP contribution in [0.1, 0.15) is 5.56 Å². The van der Waals surface area contributed by atoms with Gasteiger partial charge in [0.1, 0.15) is 11.6 Å². The van der Waals surface area contributed by atoms with E-state index in [1.165, 1.54) is 12.2 Å². The summed E-state index contributed by atoms with van der Waals surface area (Å²) in [6, 6.07) is 2.26. The number of hydrogen-bond donors (Lipinski definition) is 1. The predicted molar refractivity (Wildman–Crippen MR) is 59.9 cm³/mol. The third-order valence-corrected chi connectivity index (χ3v) is 2.11. The number of carbonyl (C=O) groups is 1. The summed E-state index contributed by atoms with van der Waals surface area (Å²) >= 11 is 2.95. The molecule has 16 heavy (non-hydrogen) atoms. The van der Waals surface area contributed by atoms with Gasteiger partial charge in [-0.05, 0) is 18.2 Å². The molecular weight excluding hydrogens is 282 g/mol. The van der Waals surface area contributed by atoms with Crippen LogP contribution in [0.5, 0.6) is 0 Å². The summed E-state index contributed by atoms with van der Waals surface area (Å²) in [6.07, 6.45) is 4.47. The van der Waals surface area contributed by atoms with Crippen molar-refractivity contribution in [1.29, 1.82) is 0 Å². The molecule has 0 aliphatic heterocycles. The zero-order valence-corrected chi connectivity index (χ0v) is 9.54. The summed E-state index contributed by atoms with van der Waals surface area (Å²) in [7, 11) is 0. The highest BCUT2D eigenvalue weighted by Gasteiger charge is 2.06. The largest absolute Gasteiger partial charge is 0.478 e. The lowest BCUT2D eigenvalue weighted by Gasteiger charge is -1.99. The molecule has 1 aromatic rings. The second-order valence-electron chi connectivity index (χ2n) is 2.84. The van der Waals surface area contributed by atoms with Gasteiger partial charge in [0.15, 0.2) is 0 Å². The van der Waals surface area contributed by atoms with Gasteiger partial charge in [-0.2, -0.15) is 0 Å². The number of carboxylic acids is 1. The Bertz CT molecular complexity index is 444. The van der Waals surface area contributed by atoms with Crippen LogP contribution in [0.3, 0.4) is 0 Å². The number of carboxylic acid groups (broad SMARTS) is 1. The summed E-state index contributed by atoms with van der Waals surface area (Å²) in [4.78, 5) is 10.1. The van der Waals surface area contributed by atoms with Crippen molar-refractivity contribution in [1.82, 2.24) is 0 Å². The molecule has 0 atom stereocenters. The molecule has 2 nitrogen and oxygen atoms in total. The number of rotatable bonds is 3. The molecule has 1 rings (SSSR count). The lowest BCUT2D eigenvalue weighted by molar-refractivity contribution is -0.131. The third kappa shape index (κ3) is 3.58. The van der Waals surface area contributed by atoms with Gasteiger partial charge < -0.3 is 5.11 Å². The van der Waals surface area contributed by atoms with E-state index in [0.29, 0.717) is 4.47 Å². The van der Waals surface area contributed by atoms with E-state index in [-0.39, 0.29) is 5.56 Å². The summed E-state index contributed by atoms with van der Waals surface area (Å²) in [5.74, 6) is -2.56. The van der Waals surface area contributed by atoms with E-state index in [2.05, 4.69) is 15.9 Å². The highest BCUT2D eigenvalue weighted by atomic mass is 79.9. The molecule has 1 N–H and O–H groups in total. The molecule has 1 aromatic carbocycles. The molecule has 0 heterocycles. The van der Waals surface area contributed by atoms with Crippen molar-refractivity contribution in [2.75, 3.05) is 0 Å². The van der Waals surface area contributed by atoms with Crippen molar-refractivity contribution in [2.24, 2.45) is 0 Å². The zero-order valence-electron chi connectivity index (χ0n) is 7.95. The first-order chi connectivity index (χ1) is 7.50. The van der Waals surface area contributed by atoms with Gasteiger partial charge in [0, 0.05) is 16.1 Å². The lowest BCUT2D eigenvalue weighted by atomic mass is 10.2. The van der Waals surface area contributed by atoms with Gasteiger partial charge >= 0.3 is 5.97 Å². The number of allylic oxidation sites excluding steroid dienone is 2. The number of benzene rings is 1. The molecule has 0 bridgehead atoms. The molecule has 0 amide bonds. The van der Waals surface area contributed by atoms with Crippen LogP contribution in [-0.4, -0.2) is 11.1 Å². The molecular formula is C11H7BrF2O2. The third-order valence-electron chi connectivity index (χ3n) is 1.66. The predicted octanol–water partition coefficient (Wildman–Crippen LogP) is 3.38. The van der Waals surface area contributed by atoms with Gasteiger partial charge in [-0.1, -0.05) is 28.1 Å². The van der Waals surface area contributed by atoms with E-state index in [1.54, 1.807) is 0 Å². The molecule has 0 radical (unpaired) electrons. The van der Waals surface area contributed by atoms with Crippen molar-refractivity contribution in [3.63, 3.8) is 0 Å². The Morgan fingerprint density at radius 1 is 1.25 bits per heavy atom. The highest BCUT2D eigenvalue weighted by Crippen LogP contribution is 2.20. The summed E-state index contributed by atoms with van der Waals surface area (Å²) in [6.45, 7) is 0. The van der Waals surface area contributed by atoms with Crippen LogP contribution in [0.2, 0.25) is 0 Å². The van der Waals surface area contributed by atoms with Crippen LogP contribution in [0.25, 0.3) is 6.08 Å². The molecule has 0 unspecified atom stereocenters. The van der Waals surface area contributed by atoms with Crippen molar-refractivity contribution in [3.8, 4) is 0 Å². The van der Waals surface area contributed by atoms with Crippen LogP contribution < -0.4 is 0 Å². The summed E-state index contributed by atoms with van der Waals surface area (Å²) in [5.41, 5.74) is -0.210. The van der Waals surface area contributed by atoms with Crippen LogP contribution in [0, 0.1) is 11.6 Å². The Kier molecular flexibility index (Phi) is 4.37. The van der Waals surface area contributed by atoms with Gasteiger partial charge in [0.2, 0.25) is 0 Å². The molecule has 84 valence electrons. The second-order valence-corrected chi connectivity index (χ2v) is 3.76. The average Bonchev–Trinajstić information content (AvgIpc) is 2.14. The molecule has 0 spiro atoms. The minimum atomic E-state index is -1.12. The summed E-state index contributed by atoms with van der Waals surface area (Å²) in [5, 5.41) is 8.28. The molecule has 0 saturated heterocycles. The Labute approximate surface area is 99.0 Å². The first-order valence-electron chi connectivity index (χ1n) is 4.23. The Hall–Kier alpha value is -1.49. The van der Waals surface area contributed by atoms with Crippen LogP contribution in [-0.2, 0) is 4.79 Å². The van der Waals surface area contributed by atoms with E-state index < -0.39 is 17.6 Å². The monoisotopic (exact) mass is 288 g/mol. The van der Waals surface area contributed by atoms with E-state index >= 15 is 0 Å². The molecule has 5 heteroatoms. The Balaban J connectivity index is 2.93. The van der Waals surface area contributed by atoms with Gasteiger partial charge in [-0.25, -0.2) is 13.6 Å². The second kappa shape index (κ2) is 5.55. The number of halogens is 3. The Morgan fingerprint density at radius 3 is 2.31 bits per heavy atom. The van der Waals surface area contributed by atoms with Crippen molar-refractivity contribution in [2.45, 2.75) is 0 Å². The fraction of sp³-hybridized carbons (Fsp3) is 0. The van der Waals surface area contributed by atoms with Gasteiger partial charge in [-0.15, -0.1) is 0 Å². The van der Waals surface area contributed by atoms with Crippen LogP contribution in [0.15, 0.2) is 34.8 Å². The zero-order chi connectivity index (χ0) is 12.1. The van der Waals surface area contributed by atoms with Crippen LogP contribution in [0.4, 0.5) is 8.78 Å². The fourth-order valence-electron chi connectivity index (χ4n) is 1.00. The minimum absolute atomic E-state index is 0.210. The first kappa shape index (κ1) is 12.6. The quantitative estimate of drug-likeness (QED) is 0.684. The number of hydrogen-bond acceptors (Lipinski definition) is 1. The maximum atomic E-state index is 13.2. The van der Waals surface area contributed by atoms with E-state index in [4.69, 9.17) is 5.11 Å². The maximum Gasteiger partial charge on any atom is 0.328 e. The highest BCUT2D eigenvalue weighted by molar-refractivity contribution is 9.10. The summed E-state index contributed by atoms with van der Waals surface area (Å²) < 4.78 is 26.8. The Morgan fingerprint density at radius 2 is 1.81 bits per heavy atom. The van der Waals surface area contributed by atoms with Gasteiger partial charge in [0.05, 0.1) is 0 Å². The van der Waals surface area contributed by atoms with Gasteiger partial charge in [0.25, 0.3) is 0 Å². The molecule has 0 fully saturated rings. The van der Waals surface area contributed by atoms with Crippen molar-refractivity contribution < 1.29 is 18.7 Å². The van der Waals surface area contributed by atoms with E-state index in [9.17, 15) is 13.6 Å². The molecule has 0 aromatic heterocycles. The van der Waals surface area contributed by atoms with Crippen LogP contribution >= 0.6 is 15.9 Å². The normalized spacial score (nSPS) is 11.4. The SMILES string of the molecule is O=C(O)/C=C/C=Cc1c(F)cc(Br)cc1F. The molecule has 0 aliphatic rings. The van der Waals surface area contributed by atoms with E-state index in [1.807, 2.05) is 0 Å². The molecule has 0 saturated carbocycles. The lowest BCUT2D eigenvalue weighted by Crippen LogP contribution is -1.88. The minimum Gasteiger partial charge on any atom is -0.478 e. The molecule has 0 aliphatic carbocycles. The standard InChI is InChI=1S/C11H7BrF2O2/c12-7-5-9(13)8(10(14)6-7)3-1-2-4-11(15)16/h1-6H,(H,15,16)/b3-1?,4-2+. The average molecular weight is 289 g/mol. The topological polar surface area (TPSA) is 37.3 Å². The maximum absolute atomic E-state index is 13.2. The fourth-order valence-corrected chi connectivity index (χ4v) is 1.40. The van der Waals surface area contributed by atoms with E-state index in [0.717, 1.165) is 24.3 Å². The van der Waals surface area contributed by atoms with Gasteiger partial charge in [-0.3, -0.25) is 0 Å².